The summed E-state index contributed by atoms with van der Waals surface area (Å²) in [5, 5.41) is 26.2. The highest BCUT2D eigenvalue weighted by atomic mass is 19.1. The van der Waals surface area contributed by atoms with Gasteiger partial charge in [0.05, 0.1) is 5.92 Å². The third-order valence-electron chi connectivity index (χ3n) is 2.39. The van der Waals surface area contributed by atoms with Crippen molar-refractivity contribution in [1.29, 1.82) is 0 Å². The summed E-state index contributed by atoms with van der Waals surface area (Å²) in [6, 6.07) is 1.55. The molecule has 0 saturated heterocycles. The van der Waals surface area contributed by atoms with Gasteiger partial charge in [0.25, 0.3) is 0 Å². The van der Waals surface area contributed by atoms with Gasteiger partial charge in [-0.1, -0.05) is 6.92 Å². The van der Waals surface area contributed by atoms with E-state index >= 15 is 0 Å². The maximum atomic E-state index is 13.4. The van der Waals surface area contributed by atoms with Gasteiger partial charge in [-0.05, 0) is 24.0 Å². The SMILES string of the molecule is CC(Cc1c(F)cc(B(O)O)cc1F)C(=O)O. The lowest BCUT2D eigenvalue weighted by molar-refractivity contribution is -0.141. The molecular weight excluding hydrogens is 233 g/mol. The van der Waals surface area contributed by atoms with Crippen molar-refractivity contribution in [3.8, 4) is 0 Å². The highest BCUT2D eigenvalue weighted by Gasteiger charge is 2.21. The summed E-state index contributed by atoms with van der Waals surface area (Å²) in [5.41, 5.74) is -0.684. The molecule has 7 heteroatoms. The first kappa shape index (κ1) is 13.6. The van der Waals surface area contributed by atoms with Crippen LogP contribution in [0.4, 0.5) is 8.78 Å². The molecule has 0 spiro atoms. The average Bonchev–Trinajstić information content (AvgIpc) is 2.22. The van der Waals surface area contributed by atoms with Gasteiger partial charge in [0.1, 0.15) is 11.6 Å². The van der Waals surface area contributed by atoms with E-state index < -0.39 is 30.6 Å². The van der Waals surface area contributed by atoms with Crippen molar-refractivity contribution in [1.82, 2.24) is 0 Å². The normalized spacial score (nSPS) is 12.3. The fourth-order valence-corrected chi connectivity index (χ4v) is 1.36. The molecule has 17 heavy (non-hydrogen) atoms. The number of hydrogen-bond donors (Lipinski definition) is 3. The van der Waals surface area contributed by atoms with Gasteiger partial charge in [0.2, 0.25) is 0 Å². The van der Waals surface area contributed by atoms with E-state index in [9.17, 15) is 13.6 Å². The molecule has 1 rings (SSSR count). The van der Waals surface area contributed by atoms with Crippen molar-refractivity contribution >= 4 is 18.6 Å². The van der Waals surface area contributed by atoms with E-state index in [1.54, 1.807) is 0 Å². The number of rotatable bonds is 4. The van der Waals surface area contributed by atoms with Crippen LogP contribution in [-0.2, 0) is 11.2 Å². The zero-order valence-corrected chi connectivity index (χ0v) is 9.02. The molecule has 0 aliphatic rings. The quantitative estimate of drug-likeness (QED) is 0.646. The third kappa shape index (κ3) is 3.24. The fourth-order valence-electron chi connectivity index (χ4n) is 1.36. The first-order valence-electron chi connectivity index (χ1n) is 4.89. The molecule has 0 aromatic heterocycles. The Morgan fingerprint density at radius 3 is 2.18 bits per heavy atom. The maximum Gasteiger partial charge on any atom is 0.488 e. The summed E-state index contributed by atoms with van der Waals surface area (Å²) in [5.74, 6) is -4.05. The number of carboxylic acids is 1. The van der Waals surface area contributed by atoms with E-state index in [2.05, 4.69) is 0 Å². The molecule has 1 atom stereocenters. The summed E-state index contributed by atoms with van der Waals surface area (Å²) in [4.78, 5) is 10.6. The van der Waals surface area contributed by atoms with Crippen LogP contribution in [0, 0.1) is 17.6 Å². The minimum Gasteiger partial charge on any atom is -0.481 e. The topological polar surface area (TPSA) is 77.8 Å². The second kappa shape index (κ2) is 5.24. The number of halogens is 2. The van der Waals surface area contributed by atoms with E-state index in [-0.39, 0.29) is 17.4 Å². The van der Waals surface area contributed by atoms with Crippen molar-refractivity contribution in [2.75, 3.05) is 0 Å². The molecular formula is C10H11BF2O4. The molecule has 0 amide bonds. The van der Waals surface area contributed by atoms with E-state index in [4.69, 9.17) is 15.2 Å². The molecule has 0 aliphatic heterocycles. The summed E-state index contributed by atoms with van der Waals surface area (Å²) in [6.45, 7) is 1.33. The lowest BCUT2D eigenvalue weighted by atomic mass is 9.79. The van der Waals surface area contributed by atoms with Gasteiger partial charge >= 0.3 is 13.1 Å². The Bertz CT molecular complexity index is 413. The van der Waals surface area contributed by atoms with Crippen LogP contribution in [0.3, 0.4) is 0 Å². The van der Waals surface area contributed by atoms with Crippen LogP contribution in [0.1, 0.15) is 12.5 Å². The second-order valence-corrected chi connectivity index (χ2v) is 3.78. The maximum absolute atomic E-state index is 13.4. The van der Waals surface area contributed by atoms with Crippen molar-refractivity contribution in [3.05, 3.63) is 29.3 Å². The van der Waals surface area contributed by atoms with Gasteiger partial charge < -0.3 is 15.2 Å². The largest absolute Gasteiger partial charge is 0.488 e. The van der Waals surface area contributed by atoms with Crippen molar-refractivity contribution < 1.29 is 28.7 Å². The standard InChI is InChI=1S/C10H11BF2O4/c1-5(10(14)15)2-7-8(12)3-6(11(16)17)4-9(7)13/h3-5,16-17H,2H2,1H3,(H,14,15). The van der Waals surface area contributed by atoms with Crippen LogP contribution in [-0.4, -0.2) is 28.2 Å². The number of hydrogen-bond acceptors (Lipinski definition) is 3. The molecule has 3 N–H and O–H groups in total. The lowest BCUT2D eigenvalue weighted by Gasteiger charge is -2.10. The molecule has 1 aromatic carbocycles. The smallest absolute Gasteiger partial charge is 0.481 e. The monoisotopic (exact) mass is 244 g/mol. The van der Waals surface area contributed by atoms with Crippen molar-refractivity contribution in [2.45, 2.75) is 13.3 Å². The number of aliphatic carboxylic acids is 1. The van der Waals surface area contributed by atoms with E-state index in [0.29, 0.717) is 0 Å². The number of benzene rings is 1. The Balaban J connectivity index is 3.06. The minimum atomic E-state index is -1.97. The third-order valence-corrected chi connectivity index (χ3v) is 2.39. The lowest BCUT2D eigenvalue weighted by Crippen LogP contribution is -2.31. The molecule has 0 radical (unpaired) electrons. The molecule has 0 fully saturated rings. The highest BCUT2D eigenvalue weighted by molar-refractivity contribution is 6.58. The Hall–Kier alpha value is -1.47. The Morgan fingerprint density at radius 1 is 1.35 bits per heavy atom. The first-order valence-corrected chi connectivity index (χ1v) is 4.89. The van der Waals surface area contributed by atoms with E-state index in [1.165, 1.54) is 6.92 Å². The molecule has 1 unspecified atom stereocenters. The molecule has 0 aliphatic carbocycles. The van der Waals surface area contributed by atoms with Gasteiger partial charge in [-0.25, -0.2) is 8.78 Å². The number of carboxylic acid groups (broad SMARTS) is 1. The van der Waals surface area contributed by atoms with E-state index in [0.717, 1.165) is 12.1 Å². The summed E-state index contributed by atoms with van der Waals surface area (Å²) >= 11 is 0. The Morgan fingerprint density at radius 2 is 1.82 bits per heavy atom. The van der Waals surface area contributed by atoms with Gasteiger partial charge in [0, 0.05) is 5.56 Å². The van der Waals surface area contributed by atoms with Crippen molar-refractivity contribution in [2.24, 2.45) is 5.92 Å². The Kier molecular flexibility index (Phi) is 4.19. The highest BCUT2D eigenvalue weighted by Crippen LogP contribution is 2.16. The predicted octanol–water partition coefficient (Wildman–Crippen LogP) is -0.0922. The molecule has 0 heterocycles. The Labute approximate surface area is 96.7 Å². The molecule has 4 nitrogen and oxygen atoms in total. The average molecular weight is 244 g/mol. The van der Waals surface area contributed by atoms with Crippen LogP contribution < -0.4 is 5.46 Å². The van der Waals surface area contributed by atoms with Gasteiger partial charge in [-0.2, -0.15) is 0 Å². The number of carbonyl (C=O) groups is 1. The molecule has 0 bridgehead atoms. The predicted molar refractivity (Wildman–Crippen MR) is 56.7 cm³/mol. The summed E-state index contributed by atoms with van der Waals surface area (Å²) in [7, 11) is -1.97. The van der Waals surface area contributed by atoms with Crippen LogP contribution in [0.5, 0.6) is 0 Å². The van der Waals surface area contributed by atoms with E-state index in [1.807, 2.05) is 0 Å². The first-order chi connectivity index (χ1) is 7.82. The fraction of sp³-hybridized carbons (Fsp3) is 0.300. The van der Waals surface area contributed by atoms with Crippen LogP contribution in [0.2, 0.25) is 0 Å². The van der Waals surface area contributed by atoms with Crippen LogP contribution in [0.15, 0.2) is 12.1 Å². The van der Waals surface area contributed by atoms with Crippen LogP contribution >= 0.6 is 0 Å². The zero-order valence-electron chi connectivity index (χ0n) is 9.02. The summed E-state index contributed by atoms with van der Waals surface area (Å²) < 4.78 is 26.9. The molecule has 0 saturated carbocycles. The van der Waals surface area contributed by atoms with Crippen molar-refractivity contribution in [3.63, 3.8) is 0 Å². The second-order valence-electron chi connectivity index (χ2n) is 3.78. The van der Waals surface area contributed by atoms with Crippen LogP contribution in [0.25, 0.3) is 0 Å². The molecule has 1 aromatic rings. The molecule has 92 valence electrons. The van der Waals surface area contributed by atoms with Gasteiger partial charge in [-0.3, -0.25) is 4.79 Å². The summed E-state index contributed by atoms with van der Waals surface area (Å²) in [6.07, 6.45) is -0.297. The van der Waals surface area contributed by atoms with Gasteiger partial charge in [0.15, 0.2) is 0 Å². The van der Waals surface area contributed by atoms with Gasteiger partial charge in [-0.15, -0.1) is 0 Å². The minimum absolute atomic E-state index is 0.297. The zero-order chi connectivity index (χ0) is 13.2.